The molecule has 3 atom stereocenters. The van der Waals surface area contributed by atoms with E-state index in [0.717, 1.165) is 42.6 Å². The Morgan fingerprint density at radius 2 is 1.85 bits per heavy atom. The Hall–Kier alpha value is -4.02. The first-order valence-electron chi connectivity index (χ1n) is 13.6. The van der Waals surface area contributed by atoms with Crippen LogP contribution in [0.25, 0.3) is 16.9 Å². The number of pyridine rings is 1. The van der Waals surface area contributed by atoms with Crippen molar-refractivity contribution in [2.75, 3.05) is 43.4 Å². The molecule has 0 bridgehead atoms. The van der Waals surface area contributed by atoms with Crippen molar-refractivity contribution in [3.05, 3.63) is 76.9 Å². The summed E-state index contributed by atoms with van der Waals surface area (Å²) >= 11 is 0. The molecule has 3 unspecified atom stereocenters. The Bertz CT molecular complexity index is 1610. The predicted octanol–water partition coefficient (Wildman–Crippen LogP) is 2.88. The summed E-state index contributed by atoms with van der Waals surface area (Å²) in [7, 11) is 2.21. The minimum atomic E-state index is -0.599. The van der Waals surface area contributed by atoms with Crippen molar-refractivity contribution in [1.82, 2.24) is 29.2 Å². The van der Waals surface area contributed by atoms with Crippen LogP contribution < -0.4 is 15.8 Å². The third-order valence-corrected chi connectivity index (χ3v) is 8.35. The van der Waals surface area contributed by atoms with E-state index in [2.05, 4.69) is 45.9 Å². The highest BCUT2D eigenvalue weighted by Crippen LogP contribution is 2.34. The van der Waals surface area contributed by atoms with Crippen LogP contribution in [-0.2, 0) is 13.0 Å². The Morgan fingerprint density at radius 1 is 1.08 bits per heavy atom. The van der Waals surface area contributed by atoms with Crippen molar-refractivity contribution in [1.29, 1.82) is 0 Å². The summed E-state index contributed by atoms with van der Waals surface area (Å²) in [6.07, 6.45) is 4.07. The van der Waals surface area contributed by atoms with Crippen LogP contribution in [0.2, 0.25) is 0 Å². The van der Waals surface area contributed by atoms with Gasteiger partial charge in [0.2, 0.25) is 5.95 Å². The van der Waals surface area contributed by atoms with E-state index in [-0.39, 0.29) is 12.1 Å². The van der Waals surface area contributed by atoms with Crippen molar-refractivity contribution in [3.8, 4) is 5.82 Å². The van der Waals surface area contributed by atoms with Gasteiger partial charge in [0.05, 0.1) is 18.3 Å². The average molecular weight is 525 g/mol. The number of aryl methyl sites for hydroxylation is 1. The number of nitrogens with one attached hydrogen (secondary N) is 1. The van der Waals surface area contributed by atoms with Gasteiger partial charge < -0.3 is 20.2 Å². The van der Waals surface area contributed by atoms with Crippen LogP contribution in [0.15, 0.2) is 60.0 Å². The molecule has 1 aliphatic carbocycles. The Labute approximate surface area is 226 Å². The van der Waals surface area contributed by atoms with E-state index in [1.54, 1.807) is 21.6 Å². The van der Waals surface area contributed by atoms with Gasteiger partial charge in [-0.3, -0.25) is 4.79 Å². The molecule has 10 heteroatoms. The zero-order chi connectivity index (χ0) is 26.7. The van der Waals surface area contributed by atoms with Crippen molar-refractivity contribution < 1.29 is 5.11 Å². The molecule has 0 saturated carbocycles. The molecule has 2 fully saturated rings. The van der Waals surface area contributed by atoms with Gasteiger partial charge in [0.1, 0.15) is 5.39 Å². The Kier molecular flexibility index (Phi) is 5.75. The molecule has 3 aliphatic rings. The number of aromatic nitrogens is 5. The molecule has 1 aromatic carbocycles. The molecule has 10 nitrogen and oxygen atoms in total. The first-order valence-corrected chi connectivity index (χ1v) is 13.6. The number of likely N-dealkylation sites (tertiary alicyclic amines) is 1. The lowest BCUT2D eigenvalue weighted by molar-refractivity contribution is 0.175. The first-order chi connectivity index (χ1) is 19.0. The summed E-state index contributed by atoms with van der Waals surface area (Å²) in [4.78, 5) is 32.1. The predicted molar refractivity (Wildman–Crippen MR) is 151 cm³/mol. The molecule has 200 valence electrons. The van der Waals surface area contributed by atoms with Crippen LogP contribution in [0, 0.1) is 11.8 Å². The number of aliphatic hydroxyl groups is 1. The number of anilines is 3. The van der Waals surface area contributed by atoms with E-state index < -0.39 is 6.10 Å². The maximum atomic E-state index is 13.2. The van der Waals surface area contributed by atoms with Gasteiger partial charge in [-0.15, -0.1) is 6.58 Å². The number of rotatable bonds is 6. The van der Waals surface area contributed by atoms with Gasteiger partial charge in [-0.1, -0.05) is 12.1 Å². The van der Waals surface area contributed by atoms with Crippen molar-refractivity contribution in [2.45, 2.75) is 25.5 Å². The van der Waals surface area contributed by atoms with Gasteiger partial charge in [-0.05, 0) is 67.6 Å². The van der Waals surface area contributed by atoms with E-state index in [0.29, 0.717) is 34.9 Å². The number of nitrogens with zero attached hydrogens (tertiary/aromatic N) is 7. The quantitative estimate of drug-likeness (QED) is 0.371. The van der Waals surface area contributed by atoms with Gasteiger partial charge in [0, 0.05) is 43.8 Å². The maximum Gasteiger partial charge on any atom is 0.278 e. The maximum absolute atomic E-state index is 13.2. The van der Waals surface area contributed by atoms with Crippen molar-refractivity contribution >= 4 is 28.4 Å². The molecular formula is C29H32N8O2. The summed E-state index contributed by atoms with van der Waals surface area (Å²) in [5.74, 6) is 2.42. The normalized spacial score (nSPS) is 22.4. The topological polar surface area (TPSA) is 104 Å². The molecule has 4 aromatic rings. The number of benzene rings is 1. The van der Waals surface area contributed by atoms with Gasteiger partial charge in [0.25, 0.3) is 5.56 Å². The van der Waals surface area contributed by atoms with Crippen LogP contribution in [-0.4, -0.2) is 67.5 Å². The number of allylic oxidation sites excluding steroid dienone is 1. The Morgan fingerprint density at radius 3 is 2.59 bits per heavy atom. The molecule has 2 N–H and O–H groups in total. The second-order valence-corrected chi connectivity index (χ2v) is 11.0. The third kappa shape index (κ3) is 4.11. The number of aliphatic hydroxyl groups excluding tert-OH is 1. The zero-order valence-corrected chi connectivity index (χ0v) is 22.0. The molecular weight excluding hydrogens is 492 g/mol. The molecule has 0 radical (unpaired) electrons. The molecule has 0 spiro atoms. The second-order valence-electron chi connectivity index (χ2n) is 11.0. The summed E-state index contributed by atoms with van der Waals surface area (Å²) in [5, 5.41) is 14.1. The van der Waals surface area contributed by atoms with E-state index in [4.69, 9.17) is 9.97 Å². The molecule has 0 amide bonds. The Balaban J connectivity index is 1.19. The fraction of sp³-hybridized carbons (Fsp3) is 0.379. The monoisotopic (exact) mass is 524 g/mol. The van der Waals surface area contributed by atoms with E-state index in [1.165, 1.54) is 18.8 Å². The fourth-order valence-corrected chi connectivity index (χ4v) is 6.47. The standard InChI is InChI=1S/C29H32N8O2/c1-3-12-36-28(39)23-13-30-29(33-27(23)37(36)25-11-5-18-4-10-24(38)26(18)32-25)31-21-6-8-22(9-7-21)35-16-19-14-34(2)15-20(19)17-35/h3,5-9,11,13,19-20,24,38H,1,4,10,12,14-17H2,2H3,(H,30,31,33). The fourth-order valence-electron chi connectivity index (χ4n) is 6.47. The molecule has 5 heterocycles. The highest BCUT2D eigenvalue weighted by Gasteiger charge is 2.38. The summed E-state index contributed by atoms with van der Waals surface area (Å²) in [6, 6.07) is 12.2. The summed E-state index contributed by atoms with van der Waals surface area (Å²) in [5.41, 5.74) is 4.03. The van der Waals surface area contributed by atoms with Crippen molar-refractivity contribution in [3.63, 3.8) is 0 Å². The van der Waals surface area contributed by atoms with E-state index in [1.807, 2.05) is 24.3 Å². The minimum absolute atomic E-state index is 0.217. The van der Waals surface area contributed by atoms with Gasteiger partial charge in [0.15, 0.2) is 11.5 Å². The molecule has 2 saturated heterocycles. The number of hydrogen-bond donors (Lipinski definition) is 2. The lowest BCUT2D eigenvalue weighted by Gasteiger charge is -2.21. The minimum Gasteiger partial charge on any atom is -0.387 e. The van der Waals surface area contributed by atoms with Gasteiger partial charge >= 0.3 is 0 Å². The van der Waals surface area contributed by atoms with Gasteiger partial charge in [-0.2, -0.15) is 4.98 Å². The van der Waals surface area contributed by atoms with Crippen LogP contribution in [0.5, 0.6) is 0 Å². The van der Waals surface area contributed by atoms with Crippen molar-refractivity contribution in [2.24, 2.45) is 11.8 Å². The molecule has 7 rings (SSSR count). The highest BCUT2D eigenvalue weighted by atomic mass is 16.3. The van der Waals surface area contributed by atoms with E-state index in [9.17, 15) is 9.90 Å². The first kappa shape index (κ1) is 24.1. The number of fused-ring (bicyclic) bond motifs is 3. The third-order valence-electron chi connectivity index (χ3n) is 8.35. The number of hydrogen-bond acceptors (Lipinski definition) is 8. The smallest absolute Gasteiger partial charge is 0.278 e. The molecule has 39 heavy (non-hydrogen) atoms. The van der Waals surface area contributed by atoms with Crippen LogP contribution in [0.4, 0.5) is 17.3 Å². The van der Waals surface area contributed by atoms with Crippen LogP contribution in [0.3, 0.4) is 0 Å². The SMILES string of the molecule is C=CCn1c(=O)c2cnc(Nc3ccc(N4CC5CN(C)CC5C4)cc3)nc2n1-c1ccc2c(n1)C(O)CC2. The highest BCUT2D eigenvalue weighted by molar-refractivity contribution is 5.77. The van der Waals surface area contributed by atoms with E-state index >= 15 is 0 Å². The largest absolute Gasteiger partial charge is 0.387 e. The molecule has 3 aromatic heterocycles. The van der Waals surface area contributed by atoms with Crippen LogP contribution >= 0.6 is 0 Å². The lowest BCUT2D eigenvalue weighted by Crippen LogP contribution is -2.26. The summed E-state index contributed by atoms with van der Waals surface area (Å²) in [6.45, 7) is 8.68. The average Bonchev–Trinajstić information content (AvgIpc) is 3.66. The second kappa shape index (κ2) is 9.32. The van der Waals surface area contributed by atoms with Crippen LogP contribution in [0.1, 0.15) is 23.8 Å². The van der Waals surface area contributed by atoms with Gasteiger partial charge in [-0.25, -0.2) is 19.3 Å². The zero-order valence-electron chi connectivity index (χ0n) is 22.0. The molecule has 2 aliphatic heterocycles. The summed E-state index contributed by atoms with van der Waals surface area (Å²) < 4.78 is 3.24. The lowest BCUT2D eigenvalue weighted by atomic mass is 10.0.